The minimum Gasteiger partial charge on any atom is -0.623 e. The van der Waals surface area contributed by atoms with Gasteiger partial charge >= 0.3 is 11.8 Å². The maximum Gasteiger partial charge on any atom is 0.349 e. The molecule has 0 aromatic heterocycles. The monoisotopic (exact) mass is 283 g/mol. The van der Waals surface area contributed by atoms with Crippen molar-refractivity contribution in [1.29, 1.82) is 0 Å². The highest BCUT2D eigenvalue weighted by Gasteiger charge is 2.55. The average molecular weight is 283 g/mol. The molecule has 1 heterocycles. The van der Waals surface area contributed by atoms with Crippen molar-refractivity contribution in [2.24, 2.45) is 0 Å². The predicted octanol–water partition coefficient (Wildman–Crippen LogP) is 0.0754. The zero-order chi connectivity index (χ0) is 14.2. The summed E-state index contributed by atoms with van der Waals surface area (Å²) in [6.45, 7) is 0. The van der Waals surface area contributed by atoms with Crippen LogP contribution in [0.2, 0.25) is 0 Å². The summed E-state index contributed by atoms with van der Waals surface area (Å²) in [5.41, 5.74) is 0.533. The second kappa shape index (κ2) is 4.68. The number of hydrogen-bond donors (Lipinski definition) is 1. The van der Waals surface area contributed by atoms with E-state index < -0.39 is 19.8 Å². The molecule has 1 saturated heterocycles. The van der Waals surface area contributed by atoms with E-state index in [1.54, 1.807) is 31.4 Å². The van der Waals surface area contributed by atoms with Crippen LogP contribution in [0.15, 0.2) is 24.3 Å². The van der Waals surface area contributed by atoms with E-state index in [-0.39, 0.29) is 0 Å². The van der Waals surface area contributed by atoms with Crippen molar-refractivity contribution in [3.63, 3.8) is 0 Å². The molecule has 1 N–H and O–H groups in total. The molecular weight excluding hydrogens is 269 g/mol. The lowest BCUT2D eigenvalue weighted by molar-refractivity contribution is -0.186. The minimum absolute atomic E-state index is 0.533. The summed E-state index contributed by atoms with van der Waals surface area (Å²) in [5, 5.41) is 2.74. The molecule has 7 nitrogen and oxygen atoms in total. The Bertz CT molecular complexity index is 499. The number of benzene rings is 1. The van der Waals surface area contributed by atoms with Crippen LogP contribution in [0.3, 0.4) is 0 Å². The number of amides is 2. The summed E-state index contributed by atoms with van der Waals surface area (Å²) in [4.78, 5) is 35.7. The van der Waals surface area contributed by atoms with Gasteiger partial charge in [-0.05, 0) is 24.3 Å². The Balaban J connectivity index is 2.25. The third-order valence-electron chi connectivity index (χ3n) is 2.95. The minimum atomic E-state index is -3.43. The van der Waals surface area contributed by atoms with E-state index in [0.29, 0.717) is 11.4 Å². The van der Waals surface area contributed by atoms with Crippen LogP contribution < -0.4 is 14.7 Å². The average Bonchev–Trinajstić information content (AvgIpc) is 2.56. The first kappa shape index (κ1) is 13.6. The Hall–Kier alpha value is -1.85. The normalized spacial score (nSPS) is 17.9. The molecule has 2 rings (SSSR count). The van der Waals surface area contributed by atoms with Crippen molar-refractivity contribution < 1.29 is 19.2 Å². The van der Waals surface area contributed by atoms with Crippen LogP contribution in [0.25, 0.3) is 0 Å². The highest BCUT2D eigenvalue weighted by atomic mass is 31.2. The standard InChI is InChI=1S/C11H14N3O4P/c1-13-10(15)11(16)14(2)19(13,17)12-8-4-6-9(18-3)7-5-8/h4-7H,1-3H3,(H,12,17). The van der Waals surface area contributed by atoms with Gasteiger partial charge in [0.15, 0.2) is 0 Å². The molecule has 1 fully saturated rings. The van der Waals surface area contributed by atoms with Gasteiger partial charge in [0.05, 0.1) is 26.9 Å². The van der Waals surface area contributed by atoms with Crippen molar-refractivity contribution in [3.05, 3.63) is 24.3 Å². The number of nitrogens with one attached hydrogen (secondary N) is 1. The van der Waals surface area contributed by atoms with Crippen LogP contribution in [0.1, 0.15) is 0 Å². The number of rotatable bonds is 3. The lowest BCUT2D eigenvalue weighted by Crippen LogP contribution is -2.35. The van der Waals surface area contributed by atoms with Gasteiger partial charge in [0.2, 0.25) is 0 Å². The number of anilines is 1. The Morgan fingerprint density at radius 1 is 1.11 bits per heavy atom. The smallest absolute Gasteiger partial charge is 0.349 e. The lowest BCUT2D eigenvalue weighted by Gasteiger charge is -2.34. The molecule has 19 heavy (non-hydrogen) atoms. The van der Waals surface area contributed by atoms with Crippen molar-refractivity contribution in [1.82, 2.24) is 9.34 Å². The second-order valence-corrected chi connectivity index (χ2v) is 6.55. The quantitative estimate of drug-likeness (QED) is 0.627. The molecule has 1 aliphatic heterocycles. The van der Waals surface area contributed by atoms with Gasteiger partial charge in [-0.25, -0.2) is 5.09 Å². The Labute approximate surface area is 111 Å². The summed E-state index contributed by atoms with van der Waals surface area (Å²) in [6.07, 6.45) is 0. The third kappa shape index (κ3) is 2.11. The van der Waals surface area contributed by atoms with Gasteiger partial charge in [0.1, 0.15) is 5.75 Å². The van der Waals surface area contributed by atoms with Gasteiger partial charge in [-0.3, -0.25) is 9.59 Å². The lowest BCUT2D eigenvalue weighted by atomic mass is 10.3. The predicted molar refractivity (Wildman–Crippen MR) is 69.1 cm³/mol. The van der Waals surface area contributed by atoms with Crippen molar-refractivity contribution in [2.45, 2.75) is 0 Å². The number of hydrogen-bond acceptors (Lipinski definition) is 5. The molecule has 0 aliphatic carbocycles. The van der Waals surface area contributed by atoms with Crippen LogP contribution in [-0.2, 0) is 9.59 Å². The van der Waals surface area contributed by atoms with Crippen molar-refractivity contribution in [3.8, 4) is 5.75 Å². The molecule has 0 radical (unpaired) electrons. The van der Waals surface area contributed by atoms with E-state index >= 15 is 0 Å². The van der Waals surface area contributed by atoms with Crippen LogP contribution >= 0.6 is 7.94 Å². The molecule has 1 aromatic rings. The number of nitrogens with zero attached hydrogens (tertiary/aromatic N) is 2. The van der Waals surface area contributed by atoms with Crippen LogP contribution in [-0.4, -0.2) is 42.4 Å². The van der Waals surface area contributed by atoms with Gasteiger partial charge in [0, 0.05) is 0 Å². The largest absolute Gasteiger partial charge is 0.623 e. The van der Waals surface area contributed by atoms with E-state index in [1.807, 2.05) is 0 Å². The molecule has 1 aromatic carbocycles. The SMILES string of the molecule is COc1ccc(N[P+]2([O-])N(C)C(=O)C(=O)N2C)cc1. The van der Waals surface area contributed by atoms with Gasteiger partial charge < -0.3 is 9.63 Å². The number of ether oxygens (including phenoxy) is 1. The van der Waals surface area contributed by atoms with Crippen LogP contribution in [0.4, 0.5) is 5.69 Å². The third-order valence-corrected chi connectivity index (χ3v) is 5.49. The molecule has 0 unspecified atom stereocenters. The summed E-state index contributed by atoms with van der Waals surface area (Å²) in [5.74, 6) is -0.914. The highest BCUT2D eigenvalue weighted by molar-refractivity contribution is 7.68. The molecule has 102 valence electrons. The van der Waals surface area contributed by atoms with E-state index in [1.165, 1.54) is 14.1 Å². The maximum atomic E-state index is 12.7. The Morgan fingerprint density at radius 2 is 1.58 bits per heavy atom. The second-order valence-electron chi connectivity index (χ2n) is 4.04. The van der Waals surface area contributed by atoms with Crippen molar-refractivity contribution >= 4 is 25.4 Å². The molecular formula is C11H14N3O4P. The van der Waals surface area contributed by atoms with Crippen LogP contribution in [0, 0.1) is 0 Å². The van der Waals surface area contributed by atoms with Gasteiger partial charge in [-0.1, -0.05) is 0 Å². The molecule has 2 amide bonds. The van der Waals surface area contributed by atoms with Gasteiger partial charge in [-0.2, -0.15) is 9.34 Å². The molecule has 0 spiro atoms. The topological polar surface area (TPSA) is 84.9 Å². The Morgan fingerprint density at radius 3 is 2.00 bits per heavy atom. The number of methoxy groups -OCH3 is 1. The summed E-state index contributed by atoms with van der Waals surface area (Å²) >= 11 is 0. The highest BCUT2D eigenvalue weighted by Crippen LogP contribution is 2.58. The Kier molecular flexibility index (Phi) is 3.34. The van der Waals surface area contributed by atoms with E-state index in [2.05, 4.69) is 5.09 Å². The van der Waals surface area contributed by atoms with Crippen molar-refractivity contribution in [2.75, 3.05) is 26.3 Å². The van der Waals surface area contributed by atoms with Crippen LogP contribution in [0.5, 0.6) is 5.75 Å². The first-order valence-corrected chi connectivity index (χ1v) is 7.10. The first-order valence-electron chi connectivity index (χ1n) is 5.49. The number of carbonyl (C=O) groups is 2. The molecule has 0 bridgehead atoms. The fourth-order valence-electron chi connectivity index (χ4n) is 1.71. The van der Waals surface area contributed by atoms with E-state index in [0.717, 1.165) is 9.34 Å². The maximum absolute atomic E-state index is 12.7. The summed E-state index contributed by atoms with van der Waals surface area (Å²) in [6, 6.07) is 6.70. The first-order chi connectivity index (χ1) is 8.90. The molecule has 0 atom stereocenters. The number of carbonyl (C=O) groups excluding carboxylic acids is 2. The summed E-state index contributed by atoms with van der Waals surface area (Å²) in [7, 11) is 0.778. The number of likely N-dealkylation sites (N-methyl/N-ethyl adjacent to an activating group) is 2. The van der Waals surface area contributed by atoms with Gasteiger partial charge in [0.25, 0.3) is 7.94 Å². The zero-order valence-corrected chi connectivity index (χ0v) is 11.7. The summed E-state index contributed by atoms with van der Waals surface area (Å²) < 4.78 is 6.90. The molecule has 8 heteroatoms. The fourth-order valence-corrected chi connectivity index (χ4v) is 3.56. The molecule has 1 aliphatic rings. The van der Waals surface area contributed by atoms with Gasteiger partial charge in [-0.15, -0.1) is 0 Å². The molecule has 0 saturated carbocycles. The van der Waals surface area contributed by atoms with E-state index in [9.17, 15) is 14.5 Å². The van der Waals surface area contributed by atoms with E-state index in [4.69, 9.17) is 4.74 Å². The fraction of sp³-hybridized carbons (Fsp3) is 0.273. The zero-order valence-electron chi connectivity index (χ0n) is 10.8.